The van der Waals surface area contributed by atoms with E-state index in [2.05, 4.69) is 4.90 Å². The lowest BCUT2D eigenvalue weighted by Gasteiger charge is -2.37. The topological polar surface area (TPSA) is 92.7 Å². The van der Waals surface area contributed by atoms with Crippen molar-refractivity contribution < 1.29 is 9.72 Å². The minimum absolute atomic E-state index is 0.0835. The minimum atomic E-state index is -0.546. The van der Waals surface area contributed by atoms with Crippen molar-refractivity contribution in [1.82, 2.24) is 9.80 Å². The van der Waals surface area contributed by atoms with Gasteiger partial charge < -0.3 is 10.6 Å². The molecule has 3 rings (SSSR count). The zero-order valence-electron chi connectivity index (χ0n) is 13.1. The van der Waals surface area contributed by atoms with Gasteiger partial charge in [0.05, 0.1) is 4.92 Å². The highest BCUT2D eigenvalue weighted by atomic mass is 16.6. The van der Waals surface area contributed by atoms with Crippen LogP contribution in [0.25, 0.3) is 0 Å². The number of amides is 1. The second kappa shape index (κ2) is 6.54. The maximum absolute atomic E-state index is 12.7. The molecule has 2 aliphatic heterocycles. The number of nitro groups is 1. The Morgan fingerprint density at radius 3 is 2.65 bits per heavy atom. The van der Waals surface area contributed by atoms with Gasteiger partial charge >= 0.3 is 0 Å². The second-order valence-electron chi connectivity index (χ2n) is 6.32. The Kier molecular flexibility index (Phi) is 4.47. The number of nitrogens with two attached hydrogens (primary N) is 1. The molecule has 1 amide bonds. The van der Waals surface area contributed by atoms with Gasteiger partial charge in [-0.3, -0.25) is 19.8 Å². The molecule has 2 N–H and O–H groups in total. The summed E-state index contributed by atoms with van der Waals surface area (Å²) < 4.78 is 0. The monoisotopic (exact) mass is 318 g/mol. The van der Waals surface area contributed by atoms with Crippen molar-refractivity contribution in [3.8, 4) is 0 Å². The number of hydrogen-bond donors (Lipinski definition) is 1. The number of nitrogen functional groups attached to an aromatic ring is 1. The summed E-state index contributed by atoms with van der Waals surface area (Å²) in [6, 6.07) is 4.72. The molecule has 2 fully saturated rings. The fourth-order valence-electron chi connectivity index (χ4n) is 3.56. The number of piperidine rings is 1. The van der Waals surface area contributed by atoms with E-state index in [0.29, 0.717) is 24.7 Å². The van der Waals surface area contributed by atoms with Gasteiger partial charge in [0, 0.05) is 30.8 Å². The van der Waals surface area contributed by atoms with E-state index in [0.717, 1.165) is 25.9 Å². The molecule has 124 valence electrons. The summed E-state index contributed by atoms with van der Waals surface area (Å²) in [6.45, 7) is 3.64. The molecule has 0 bridgehead atoms. The van der Waals surface area contributed by atoms with Gasteiger partial charge in [-0.1, -0.05) is 0 Å². The van der Waals surface area contributed by atoms with Gasteiger partial charge in [-0.15, -0.1) is 0 Å². The molecule has 1 atom stereocenters. The average molecular weight is 318 g/mol. The van der Waals surface area contributed by atoms with Gasteiger partial charge in [0.25, 0.3) is 11.6 Å². The van der Waals surface area contributed by atoms with Gasteiger partial charge in [-0.05, 0) is 50.9 Å². The number of anilines is 1. The van der Waals surface area contributed by atoms with Crippen molar-refractivity contribution in [1.29, 1.82) is 0 Å². The van der Waals surface area contributed by atoms with E-state index in [1.165, 1.54) is 25.0 Å². The third-order valence-electron chi connectivity index (χ3n) is 4.81. The molecule has 0 aromatic heterocycles. The van der Waals surface area contributed by atoms with Crippen LogP contribution in [0.4, 0.5) is 11.4 Å². The molecular formula is C16H22N4O3. The quantitative estimate of drug-likeness (QED) is 0.522. The summed E-state index contributed by atoms with van der Waals surface area (Å²) in [5.74, 6) is -0.142. The average Bonchev–Trinajstić information content (AvgIpc) is 3.09. The van der Waals surface area contributed by atoms with Crippen LogP contribution in [0.2, 0.25) is 0 Å². The molecule has 23 heavy (non-hydrogen) atoms. The van der Waals surface area contributed by atoms with Crippen LogP contribution in [-0.2, 0) is 0 Å². The molecule has 2 heterocycles. The minimum Gasteiger partial charge on any atom is -0.393 e. The van der Waals surface area contributed by atoms with Crippen molar-refractivity contribution in [3.05, 3.63) is 33.9 Å². The number of hydrogen-bond acceptors (Lipinski definition) is 5. The molecule has 0 spiro atoms. The van der Waals surface area contributed by atoms with Gasteiger partial charge in [0.1, 0.15) is 5.69 Å². The van der Waals surface area contributed by atoms with Crippen molar-refractivity contribution in [2.75, 3.05) is 31.9 Å². The highest BCUT2D eigenvalue weighted by Gasteiger charge is 2.30. The van der Waals surface area contributed by atoms with Crippen LogP contribution < -0.4 is 5.73 Å². The number of nitrogens with zero attached hydrogens (tertiary/aromatic N) is 3. The Hall–Kier alpha value is -2.15. The molecule has 0 saturated carbocycles. The maximum atomic E-state index is 12.7. The Bertz CT molecular complexity index is 613. The van der Waals surface area contributed by atoms with E-state index >= 15 is 0 Å². The van der Waals surface area contributed by atoms with Gasteiger partial charge in [-0.2, -0.15) is 0 Å². The van der Waals surface area contributed by atoms with Crippen LogP contribution in [-0.4, -0.2) is 52.9 Å². The fraction of sp³-hybridized carbons (Fsp3) is 0.562. The van der Waals surface area contributed by atoms with Crippen LogP contribution in [0.5, 0.6) is 0 Å². The SMILES string of the molecule is Nc1ccc(C(=O)N2CCC[C@@H](N3CCCC3)C2)cc1[N+](=O)[O-]. The van der Waals surface area contributed by atoms with E-state index in [4.69, 9.17) is 5.73 Å². The Morgan fingerprint density at radius 2 is 1.96 bits per heavy atom. The largest absolute Gasteiger partial charge is 0.393 e. The lowest BCUT2D eigenvalue weighted by molar-refractivity contribution is -0.383. The molecule has 0 aliphatic carbocycles. The highest BCUT2D eigenvalue weighted by Crippen LogP contribution is 2.25. The number of rotatable bonds is 3. The summed E-state index contributed by atoms with van der Waals surface area (Å²) in [6.07, 6.45) is 4.55. The van der Waals surface area contributed by atoms with Crippen LogP contribution in [0.15, 0.2) is 18.2 Å². The van der Waals surface area contributed by atoms with Crippen molar-refractivity contribution in [2.24, 2.45) is 0 Å². The first-order valence-electron chi connectivity index (χ1n) is 8.13. The molecule has 0 unspecified atom stereocenters. The first-order valence-corrected chi connectivity index (χ1v) is 8.13. The normalized spacial score (nSPS) is 22.3. The lowest BCUT2D eigenvalue weighted by Crippen LogP contribution is -2.49. The summed E-state index contributed by atoms with van der Waals surface area (Å²) >= 11 is 0. The fourth-order valence-corrected chi connectivity index (χ4v) is 3.56. The Balaban J connectivity index is 1.74. The number of nitro benzene ring substituents is 1. The van der Waals surface area contributed by atoms with Crippen LogP contribution >= 0.6 is 0 Å². The molecule has 7 nitrogen and oxygen atoms in total. The molecular weight excluding hydrogens is 296 g/mol. The van der Waals surface area contributed by atoms with Crippen molar-refractivity contribution in [3.63, 3.8) is 0 Å². The van der Waals surface area contributed by atoms with E-state index in [1.54, 1.807) is 6.07 Å². The Labute approximate surface area is 135 Å². The Morgan fingerprint density at radius 1 is 1.22 bits per heavy atom. The predicted molar refractivity (Wildman–Crippen MR) is 87.2 cm³/mol. The molecule has 7 heteroatoms. The standard InChI is InChI=1S/C16H22N4O3/c17-14-6-5-12(10-15(14)20(22)23)16(21)19-9-3-4-13(11-19)18-7-1-2-8-18/h5-6,10,13H,1-4,7-9,11,17H2/t13-/m1/s1. The summed E-state index contributed by atoms with van der Waals surface area (Å²) in [4.78, 5) is 27.4. The zero-order chi connectivity index (χ0) is 16.4. The van der Waals surface area contributed by atoms with E-state index in [1.807, 2.05) is 4.90 Å². The summed E-state index contributed by atoms with van der Waals surface area (Å²) in [5.41, 5.74) is 5.82. The third kappa shape index (κ3) is 3.29. The number of likely N-dealkylation sites (tertiary alicyclic amines) is 2. The van der Waals surface area contributed by atoms with Crippen LogP contribution in [0, 0.1) is 10.1 Å². The van der Waals surface area contributed by atoms with E-state index in [-0.39, 0.29) is 17.3 Å². The van der Waals surface area contributed by atoms with Gasteiger partial charge in [0.2, 0.25) is 0 Å². The smallest absolute Gasteiger partial charge is 0.292 e. The molecule has 1 aromatic rings. The third-order valence-corrected chi connectivity index (χ3v) is 4.81. The number of benzene rings is 1. The number of carbonyl (C=O) groups excluding carboxylic acids is 1. The van der Waals surface area contributed by atoms with E-state index in [9.17, 15) is 14.9 Å². The molecule has 2 aliphatic rings. The predicted octanol–water partition coefficient (Wildman–Crippen LogP) is 1.88. The van der Waals surface area contributed by atoms with Crippen LogP contribution in [0.1, 0.15) is 36.0 Å². The maximum Gasteiger partial charge on any atom is 0.292 e. The zero-order valence-corrected chi connectivity index (χ0v) is 13.1. The highest BCUT2D eigenvalue weighted by molar-refractivity contribution is 5.95. The second-order valence-corrected chi connectivity index (χ2v) is 6.32. The van der Waals surface area contributed by atoms with E-state index < -0.39 is 4.92 Å². The lowest BCUT2D eigenvalue weighted by atomic mass is 10.0. The van der Waals surface area contributed by atoms with Gasteiger partial charge in [-0.25, -0.2) is 0 Å². The summed E-state index contributed by atoms with van der Waals surface area (Å²) in [7, 11) is 0. The number of carbonyl (C=O) groups is 1. The molecule has 1 aromatic carbocycles. The van der Waals surface area contributed by atoms with Crippen molar-refractivity contribution in [2.45, 2.75) is 31.7 Å². The summed E-state index contributed by atoms with van der Waals surface area (Å²) in [5, 5.41) is 11.0. The van der Waals surface area contributed by atoms with Gasteiger partial charge in [0.15, 0.2) is 0 Å². The first kappa shape index (κ1) is 15.7. The molecule has 2 saturated heterocycles. The molecule has 0 radical (unpaired) electrons. The van der Waals surface area contributed by atoms with Crippen molar-refractivity contribution >= 4 is 17.3 Å². The first-order chi connectivity index (χ1) is 11.1. The van der Waals surface area contributed by atoms with Crippen LogP contribution in [0.3, 0.4) is 0 Å².